The Balaban J connectivity index is 0.909. The first-order valence-corrected chi connectivity index (χ1v) is 15.0. The number of aromatic nitrogens is 3. The number of nitrogens with one attached hydrogen (secondary N) is 1. The monoisotopic (exact) mass is 675 g/mol. The average molecular weight is 676 g/mol. The highest BCUT2D eigenvalue weighted by atomic mass is 19.4. The summed E-state index contributed by atoms with van der Waals surface area (Å²) in [6, 6.07) is 11.0. The minimum atomic E-state index is -4.51. The summed E-state index contributed by atoms with van der Waals surface area (Å²) in [7, 11) is 0. The second kappa shape index (κ2) is 13.1. The van der Waals surface area contributed by atoms with Gasteiger partial charge in [-0.05, 0) is 68.2 Å². The van der Waals surface area contributed by atoms with Crippen molar-refractivity contribution in [3.63, 3.8) is 0 Å². The number of hydrogen-bond acceptors (Lipinski definition) is 8. The van der Waals surface area contributed by atoms with Crippen LogP contribution in [0.1, 0.15) is 31.2 Å². The molecule has 252 valence electrons. The Hall–Kier alpha value is -5.28. The summed E-state index contributed by atoms with van der Waals surface area (Å²) in [6.45, 7) is 0.786. The Morgan fingerprint density at radius 3 is 2.08 bits per heavy atom. The lowest BCUT2D eigenvalue weighted by Gasteiger charge is -2.15. The molecule has 3 N–H and O–H groups in total. The second-order valence-corrected chi connectivity index (χ2v) is 11.2. The summed E-state index contributed by atoms with van der Waals surface area (Å²) in [6.07, 6.45) is -2.37. The largest absolute Gasteiger partial charge is 0.505 e. The number of ether oxygens (including phenoxy) is 2. The molecule has 0 fully saturated rings. The first kappa shape index (κ1) is 32.7. The van der Waals surface area contributed by atoms with Crippen LogP contribution in [0.2, 0.25) is 0 Å². The molecule has 6 rings (SSSR count). The molecule has 1 aliphatic carbocycles. The van der Waals surface area contributed by atoms with Crippen molar-refractivity contribution in [2.24, 2.45) is 5.11 Å². The number of fused-ring (bicyclic) bond motifs is 2. The molecule has 2 unspecified atom stereocenters. The molecule has 1 aromatic heterocycles. The van der Waals surface area contributed by atoms with Crippen molar-refractivity contribution in [3.8, 4) is 28.7 Å². The highest BCUT2D eigenvalue weighted by Gasteiger charge is 2.41. The highest BCUT2D eigenvalue weighted by Crippen LogP contribution is 2.36. The van der Waals surface area contributed by atoms with Gasteiger partial charge in [0.2, 0.25) is 0 Å². The summed E-state index contributed by atoms with van der Waals surface area (Å²) < 4.78 is 89.6. The molecule has 2 aliphatic rings. The molecular weight excluding hydrogens is 646 g/mol. The van der Waals surface area contributed by atoms with Gasteiger partial charge in [-0.15, -0.1) is 15.0 Å². The molecule has 0 amide bonds. The number of allylic oxidation sites excluding steroid dienone is 2. The fourth-order valence-corrected chi connectivity index (χ4v) is 5.19. The number of unbranched alkanes of at least 4 members (excludes halogenated alkanes) is 3. The maximum Gasteiger partial charge on any atom is 0.416 e. The molecule has 2 atom stereocenters. The molecule has 0 bridgehead atoms. The lowest BCUT2D eigenvalue weighted by atomic mass is 9.99. The van der Waals surface area contributed by atoms with Gasteiger partial charge in [-0.2, -0.15) is 31.8 Å². The Morgan fingerprint density at radius 1 is 0.771 bits per heavy atom. The molecule has 48 heavy (non-hydrogen) atoms. The number of phenols is 2. The van der Waals surface area contributed by atoms with Crippen molar-refractivity contribution >= 4 is 16.7 Å². The van der Waals surface area contributed by atoms with E-state index in [4.69, 9.17) is 9.47 Å². The van der Waals surface area contributed by atoms with Crippen LogP contribution in [0.5, 0.6) is 23.0 Å². The van der Waals surface area contributed by atoms with Crippen LogP contribution in [-0.2, 0) is 6.18 Å². The maximum absolute atomic E-state index is 13.0. The van der Waals surface area contributed by atoms with Crippen LogP contribution in [-0.4, -0.2) is 61.5 Å². The van der Waals surface area contributed by atoms with Crippen LogP contribution in [0.15, 0.2) is 83.5 Å². The molecule has 0 radical (unpaired) electrons. The van der Waals surface area contributed by atoms with Crippen molar-refractivity contribution in [1.29, 1.82) is 0 Å². The van der Waals surface area contributed by atoms with Gasteiger partial charge >= 0.3 is 18.0 Å². The molecule has 1 aliphatic heterocycles. The van der Waals surface area contributed by atoms with E-state index >= 15 is 0 Å². The zero-order chi connectivity index (χ0) is 34.1. The summed E-state index contributed by atoms with van der Waals surface area (Å²) in [4.78, 5) is 2.34. The third-order valence-electron chi connectivity index (χ3n) is 7.67. The number of halogens is 6. The van der Waals surface area contributed by atoms with E-state index in [1.807, 2.05) is 0 Å². The van der Waals surface area contributed by atoms with Gasteiger partial charge < -0.3 is 19.7 Å². The number of benzene rings is 3. The van der Waals surface area contributed by atoms with E-state index in [1.165, 1.54) is 35.1 Å². The van der Waals surface area contributed by atoms with Gasteiger partial charge in [-0.25, -0.2) is 0 Å². The fraction of sp³-hybridized carbons (Fsp3) is 0.312. The zero-order valence-electron chi connectivity index (χ0n) is 25.0. The van der Waals surface area contributed by atoms with Crippen molar-refractivity contribution < 1.29 is 50.8 Å². The van der Waals surface area contributed by atoms with Gasteiger partial charge in [-0.3, -0.25) is 0 Å². The van der Waals surface area contributed by atoms with Gasteiger partial charge in [0.05, 0.1) is 24.4 Å². The van der Waals surface area contributed by atoms with Gasteiger partial charge in [0.25, 0.3) is 0 Å². The Morgan fingerprint density at radius 2 is 1.44 bits per heavy atom. The van der Waals surface area contributed by atoms with E-state index < -0.39 is 35.6 Å². The fourth-order valence-electron chi connectivity index (χ4n) is 5.19. The molecule has 3 aromatic carbocycles. The number of phenolic OH excluding ortho intramolecular Hbond substituents is 2. The van der Waals surface area contributed by atoms with Crippen molar-refractivity contribution in [3.05, 3.63) is 84.0 Å². The SMILES string of the molecule is Oc1cc(OCCCCCCOc2ccc([N+]3=NC4C=CC(C(F)(F)F)=CC4N3)c(O)c2)ccc1-n1nc2ccc(C(F)(F)F)cc2n1. The second-order valence-electron chi connectivity index (χ2n) is 11.2. The number of azo groups is 1. The topological polar surface area (TPSA) is 117 Å². The first-order chi connectivity index (χ1) is 22.8. The third-order valence-corrected chi connectivity index (χ3v) is 7.67. The minimum Gasteiger partial charge on any atom is -0.505 e. The molecule has 2 heterocycles. The van der Waals surface area contributed by atoms with E-state index in [-0.39, 0.29) is 33.9 Å². The van der Waals surface area contributed by atoms with E-state index in [9.17, 15) is 36.6 Å². The number of hydrogen-bond donors (Lipinski definition) is 3. The summed E-state index contributed by atoms with van der Waals surface area (Å²) >= 11 is 0. The Labute approximate surface area is 269 Å². The minimum absolute atomic E-state index is 0.0431. The lowest BCUT2D eigenvalue weighted by molar-refractivity contribution is -0.561. The average Bonchev–Trinajstić information content (AvgIpc) is 3.65. The van der Waals surface area contributed by atoms with Crippen LogP contribution in [0.4, 0.5) is 32.0 Å². The van der Waals surface area contributed by atoms with Crippen molar-refractivity contribution in [2.75, 3.05) is 13.2 Å². The third kappa shape index (κ3) is 7.31. The zero-order valence-corrected chi connectivity index (χ0v) is 25.0. The number of nitrogens with zero attached hydrogens (tertiary/aromatic N) is 5. The molecule has 10 nitrogen and oxygen atoms in total. The predicted molar refractivity (Wildman–Crippen MR) is 159 cm³/mol. The summed E-state index contributed by atoms with van der Waals surface area (Å²) in [5.41, 5.74) is 2.03. The number of alkyl halides is 6. The smallest absolute Gasteiger partial charge is 0.416 e. The van der Waals surface area contributed by atoms with Gasteiger partial charge in [0.1, 0.15) is 40.0 Å². The number of rotatable bonds is 11. The molecule has 0 saturated heterocycles. The molecule has 0 spiro atoms. The number of aromatic hydroxyl groups is 2. The van der Waals surface area contributed by atoms with Crippen LogP contribution in [0, 0.1) is 0 Å². The van der Waals surface area contributed by atoms with Crippen molar-refractivity contribution in [2.45, 2.75) is 50.1 Å². The maximum atomic E-state index is 13.0. The quantitative estimate of drug-likeness (QED) is 0.0870. The highest BCUT2D eigenvalue weighted by molar-refractivity contribution is 5.75. The first-order valence-electron chi connectivity index (χ1n) is 15.0. The van der Waals surface area contributed by atoms with Crippen LogP contribution in [0.3, 0.4) is 0 Å². The Kier molecular flexibility index (Phi) is 8.90. The van der Waals surface area contributed by atoms with Crippen LogP contribution < -0.4 is 14.9 Å². The molecule has 16 heteroatoms. The van der Waals surface area contributed by atoms with E-state index in [0.717, 1.165) is 54.8 Å². The summed E-state index contributed by atoms with van der Waals surface area (Å²) in [5.74, 6) is 0.506. The van der Waals surface area contributed by atoms with Gasteiger partial charge in [0.15, 0.2) is 11.8 Å². The van der Waals surface area contributed by atoms with Gasteiger partial charge in [-0.1, -0.05) is 12.2 Å². The van der Waals surface area contributed by atoms with Gasteiger partial charge in [0, 0.05) is 28.1 Å². The Bertz CT molecular complexity index is 1900. The predicted octanol–water partition coefficient (Wildman–Crippen LogP) is 7.28. The number of hydrazine groups is 1. The summed E-state index contributed by atoms with van der Waals surface area (Å²) in [5, 5.41) is 33.5. The van der Waals surface area contributed by atoms with E-state index in [1.54, 1.807) is 18.2 Å². The van der Waals surface area contributed by atoms with E-state index in [2.05, 4.69) is 20.7 Å². The molecule has 0 saturated carbocycles. The van der Waals surface area contributed by atoms with Crippen molar-refractivity contribution in [1.82, 2.24) is 20.4 Å². The molecular formula is C32H29F6N6O4+. The van der Waals surface area contributed by atoms with Crippen LogP contribution >= 0.6 is 0 Å². The van der Waals surface area contributed by atoms with Crippen LogP contribution in [0.25, 0.3) is 16.7 Å². The lowest BCUT2D eigenvalue weighted by Crippen LogP contribution is -2.35. The molecule has 4 aromatic rings. The van der Waals surface area contributed by atoms with E-state index in [0.29, 0.717) is 24.7 Å². The standard InChI is InChI=1S/C32H28F6N6O4/c33-31(34,35)19-5-9-23-25(15-19)41-43(39-23)27-11-7-21(17-29(27)45)47-13-3-1-2-4-14-48-22-8-12-28(30(46)18-22)44-40-24-10-6-20(32(36,37)38)16-26(24)42-44/h5-12,15-18,23,25H,1-4,13-14H2,(H2-,39,41,45,46)/p+1. The normalized spacial score (nSPS) is 17.5.